The van der Waals surface area contributed by atoms with Gasteiger partial charge in [-0.3, -0.25) is 15.6 Å². The Morgan fingerprint density at radius 2 is 1.48 bits per heavy atom. The number of amides is 1. The molecule has 9 heteroatoms. The minimum Gasteiger partial charge on any atom is -0.490 e. The highest BCUT2D eigenvalue weighted by Crippen LogP contribution is 2.39. The quantitative estimate of drug-likeness (QED) is 0.443. The highest BCUT2D eigenvalue weighted by Gasteiger charge is 2.18. The van der Waals surface area contributed by atoms with E-state index < -0.39 is 5.91 Å². The number of benzene rings is 2. The van der Waals surface area contributed by atoms with Crippen molar-refractivity contribution in [2.45, 2.75) is 20.8 Å². The minimum atomic E-state index is -0.446. The third-order valence-electron chi connectivity index (χ3n) is 3.56. The summed E-state index contributed by atoms with van der Waals surface area (Å²) in [5.74, 6) is 0.482. The second-order valence-corrected chi connectivity index (χ2v) is 6.05. The van der Waals surface area contributed by atoms with Gasteiger partial charge in [0.2, 0.25) is 5.75 Å². The zero-order valence-electron chi connectivity index (χ0n) is 16.5. The number of rotatable bonds is 8. The molecule has 0 unspecified atom stereocenters. The molecule has 2 aromatic rings. The Balaban J connectivity index is 2.10. The monoisotopic (exact) mass is 421 g/mol. The van der Waals surface area contributed by atoms with Gasteiger partial charge in [-0.1, -0.05) is 0 Å². The number of hydrazine groups is 1. The molecule has 0 fully saturated rings. The molecular weight excluding hydrogens is 397 g/mol. The van der Waals surface area contributed by atoms with Gasteiger partial charge >= 0.3 is 0 Å². The van der Waals surface area contributed by atoms with E-state index >= 15 is 0 Å². The zero-order chi connectivity index (χ0) is 21.2. The number of nitrogens with one attached hydrogen (secondary N) is 3. The number of carbonyl (C=O) groups excluding carboxylic acids is 1. The van der Waals surface area contributed by atoms with E-state index in [1.807, 2.05) is 20.8 Å². The molecule has 3 N–H and O–H groups in total. The number of carbonyl (C=O) groups is 1. The first-order valence-corrected chi connectivity index (χ1v) is 9.58. The molecule has 156 valence electrons. The van der Waals surface area contributed by atoms with E-state index in [0.717, 1.165) is 0 Å². The van der Waals surface area contributed by atoms with E-state index in [2.05, 4.69) is 16.2 Å². The number of anilines is 1. The topological polar surface area (TPSA) is 80.9 Å². The second kappa shape index (κ2) is 11.1. The van der Waals surface area contributed by atoms with Crippen molar-refractivity contribution in [2.24, 2.45) is 0 Å². The zero-order valence-corrected chi connectivity index (χ0v) is 17.3. The lowest BCUT2D eigenvalue weighted by molar-refractivity contribution is 0.0943. The summed E-state index contributed by atoms with van der Waals surface area (Å²) in [6.07, 6.45) is 0. The standard InChI is InChI=1S/C20H24FN3O4S/c1-4-26-16-11-13(12-17(27-5-2)18(16)28-6-3)19(25)23-24-20(29)22-15-9-7-14(21)8-10-15/h7-12H,4-6H2,1-3H3,(H,23,25)(H2,22,24,29). The summed E-state index contributed by atoms with van der Waals surface area (Å²) in [4.78, 5) is 12.6. The SMILES string of the molecule is CCOc1cc(C(=O)NNC(=S)Nc2ccc(F)cc2)cc(OCC)c1OCC. The molecule has 0 aliphatic heterocycles. The molecule has 2 rings (SSSR count). The van der Waals surface area contributed by atoms with E-state index in [1.54, 1.807) is 12.1 Å². The third-order valence-corrected chi connectivity index (χ3v) is 3.77. The maximum atomic E-state index is 13.0. The number of hydrogen-bond donors (Lipinski definition) is 3. The number of hydrogen-bond acceptors (Lipinski definition) is 5. The first kappa shape index (κ1) is 22.2. The minimum absolute atomic E-state index is 0.144. The van der Waals surface area contributed by atoms with Gasteiger partial charge in [-0.2, -0.15) is 0 Å². The van der Waals surface area contributed by atoms with Crippen LogP contribution in [0.15, 0.2) is 36.4 Å². The fourth-order valence-electron chi connectivity index (χ4n) is 2.40. The maximum Gasteiger partial charge on any atom is 0.269 e. The number of halogens is 1. The van der Waals surface area contributed by atoms with Crippen LogP contribution in [0, 0.1) is 5.82 Å². The van der Waals surface area contributed by atoms with Crippen molar-refractivity contribution in [3.05, 3.63) is 47.8 Å². The Bertz CT molecular complexity index is 819. The van der Waals surface area contributed by atoms with Gasteiger partial charge in [-0.25, -0.2) is 4.39 Å². The Kier molecular flexibility index (Phi) is 8.47. The van der Waals surface area contributed by atoms with Gasteiger partial charge in [0, 0.05) is 11.3 Å². The van der Waals surface area contributed by atoms with Gasteiger partial charge in [0.25, 0.3) is 5.91 Å². The van der Waals surface area contributed by atoms with E-state index in [4.69, 9.17) is 26.4 Å². The molecule has 0 aromatic heterocycles. The van der Waals surface area contributed by atoms with Gasteiger partial charge < -0.3 is 19.5 Å². The highest BCUT2D eigenvalue weighted by atomic mass is 32.1. The molecule has 7 nitrogen and oxygen atoms in total. The van der Waals surface area contributed by atoms with Crippen LogP contribution in [-0.2, 0) is 0 Å². The Hall–Kier alpha value is -3.07. The van der Waals surface area contributed by atoms with Crippen LogP contribution in [0.25, 0.3) is 0 Å². The molecule has 0 radical (unpaired) electrons. The van der Waals surface area contributed by atoms with Crippen molar-refractivity contribution in [2.75, 3.05) is 25.1 Å². The van der Waals surface area contributed by atoms with Gasteiger partial charge in [0.15, 0.2) is 16.6 Å². The van der Waals surface area contributed by atoms with Gasteiger partial charge in [0.05, 0.1) is 19.8 Å². The van der Waals surface area contributed by atoms with Crippen LogP contribution in [0.3, 0.4) is 0 Å². The summed E-state index contributed by atoms with van der Waals surface area (Å²) in [7, 11) is 0. The van der Waals surface area contributed by atoms with Crippen molar-refractivity contribution in [3.8, 4) is 17.2 Å². The summed E-state index contributed by atoms with van der Waals surface area (Å²) in [5, 5.41) is 2.98. The second-order valence-electron chi connectivity index (χ2n) is 5.64. The predicted molar refractivity (Wildman–Crippen MR) is 113 cm³/mol. The third kappa shape index (κ3) is 6.49. The van der Waals surface area contributed by atoms with Crippen molar-refractivity contribution in [1.82, 2.24) is 10.9 Å². The molecule has 0 saturated carbocycles. The fraction of sp³-hybridized carbons (Fsp3) is 0.300. The summed E-state index contributed by atoms with van der Waals surface area (Å²) >= 11 is 5.13. The molecule has 0 bridgehead atoms. The molecule has 29 heavy (non-hydrogen) atoms. The molecular formula is C20H24FN3O4S. The largest absolute Gasteiger partial charge is 0.490 e. The van der Waals surface area contributed by atoms with Crippen LogP contribution in [0.1, 0.15) is 31.1 Å². The average molecular weight is 421 g/mol. The molecule has 0 heterocycles. The van der Waals surface area contributed by atoms with Crippen molar-refractivity contribution in [3.63, 3.8) is 0 Å². The van der Waals surface area contributed by atoms with Crippen molar-refractivity contribution < 1.29 is 23.4 Å². The summed E-state index contributed by atoms with van der Waals surface area (Å²) in [6.45, 7) is 6.76. The fourth-order valence-corrected chi connectivity index (χ4v) is 2.57. The summed E-state index contributed by atoms with van der Waals surface area (Å²) in [6, 6.07) is 8.80. The van der Waals surface area contributed by atoms with E-state index in [1.165, 1.54) is 24.3 Å². The first-order chi connectivity index (χ1) is 14.0. The van der Waals surface area contributed by atoms with Crippen molar-refractivity contribution >= 4 is 28.9 Å². The Morgan fingerprint density at radius 3 is 2.00 bits per heavy atom. The maximum absolute atomic E-state index is 13.0. The van der Waals surface area contributed by atoms with Crippen LogP contribution in [0.5, 0.6) is 17.2 Å². The summed E-state index contributed by atoms with van der Waals surface area (Å²) < 4.78 is 29.8. The highest BCUT2D eigenvalue weighted by molar-refractivity contribution is 7.80. The lowest BCUT2D eigenvalue weighted by Gasteiger charge is -2.17. The Morgan fingerprint density at radius 1 is 0.931 bits per heavy atom. The van der Waals surface area contributed by atoms with Gasteiger partial charge in [0.1, 0.15) is 5.82 Å². The lowest BCUT2D eigenvalue weighted by atomic mass is 10.1. The predicted octanol–water partition coefficient (Wildman–Crippen LogP) is 3.65. The molecule has 0 spiro atoms. The number of thiocarbonyl (C=S) groups is 1. The first-order valence-electron chi connectivity index (χ1n) is 9.17. The number of ether oxygens (including phenoxy) is 3. The lowest BCUT2D eigenvalue weighted by Crippen LogP contribution is -2.43. The van der Waals surface area contributed by atoms with Crippen LogP contribution in [0.2, 0.25) is 0 Å². The van der Waals surface area contributed by atoms with Crippen LogP contribution in [0.4, 0.5) is 10.1 Å². The Labute approximate surface area is 174 Å². The molecule has 0 aliphatic rings. The van der Waals surface area contributed by atoms with Crippen molar-refractivity contribution in [1.29, 1.82) is 0 Å². The summed E-state index contributed by atoms with van der Waals surface area (Å²) in [5.41, 5.74) is 5.99. The van der Waals surface area contributed by atoms with Gasteiger partial charge in [-0.05, 0) is 69.4 Å². The average Bonchev–Trinajstić information content (AvgIpc) is 2.70. The molecule has 0 saturated heterocycles. The van der Waals surface area contributed by atoms with Crippen LogP contribution >= 0.6 is 12.2 Å². The molecule has 0 atom stereocenters. The van der Waals surface area contributed by atoms with E-state index in [0.29, 0.717) is 48.3 Å². The smallest absolute Gasteiger partial charge is 0.269 e. The molecule has 1 amide bonds. The van der Waals surface area contributed by atoms with E-state index in [-0.39, 0.29) is 10.9 Å². The van der Waals surface area contributed by atoms with Crippen LogP contribution in [-0.4, -0.2) is 30.8 Å². The van der Waals surface area contributed by atoms with E-state index in [9.17, 15) is 9.18 Å². The normalized spacial score (nSPS) is 10.1. The molecule has 0 aliphatic carbocycles. The van der Waals surface area contributed by atoms with Gasteiger partial charge in [-0.15, -0.1) is 0 Å². The van der Waals surface area contributed by atoms with Crippen LogP contribution < -0.4 is 30.4 Å². The molecule has 2 aromatic carbocycles.